The minimum Gasteiger partial charge on any atom is -0.379 e. The summed E-state index contributed by atoms with van der Waals surface area (Å²) >= 11 is 0. The molecule has 0 aliphatic rings. The number of hydrogen-bond acceptors (Lipinski definition) is 5. The number of aryl methyl sites for hydroxylation is 1. The van der Waals surface area contributed by atoms with Crippen LogP contribution < -0.4 is 5.32 Å². The lowest BCUT2D eigenvalue weighted by Gasteiger charge is -2.36. The lowest BCUT2D eigenvalue weighted by molar-refractivity contribution is -0.0114. The quantitative estimate of drug-likeness (QED) is 0.805. The maximum absolute atomic E-state index is 5.71. The van der Waals surface area contributed by atoms with Crippen molar-refractivity contribution in [2.24, 2.45) is 12.5 Å². The second kappa shape index (κ2) is 6.96. The van der Waals surface area contributed by atoms with E-state index in [2.05, 4.69) is 48.4 Å². The number of rotatable bonds is 7. The first-order valence-electron chi connectivity index (χ1n) is 6.87. The largest absolute Gasteiger partial charge is 0.379 e. The van der Waals surface area contributed by atoms with Crippen LogP contribution in [-0.4, -0.2) is 46.0 Å². The molecule has 0 spiro atoms. The van der Waals surface area contributed by atoms with E-state index in [4.69, 9.17) is 4.74 Å². The molecular formula is C13H27N5O. The van der Waals surface area contributed by atoms with Crippen molar-refractivity contribution in [1.29, 1.82) is 0 Å². The Kier molecular flexibility index (Phi) is 5.87. The summed E-state index contributed by atoms with van der Waals surface area (Å²) in [5.74, 6) is 0.752. The minimum atomic E-state index is 0.0579. The van der Waals surface area contributed by atoms with Gasteiger partial charge in [0.15, 0.2) is 5.82 Å². The predicted octanol–water partition coefficient (Wildman–Crippen LogP) is 1.18. The van der Waals surface area contributed by atoms with Gasteiger partial charge in [-0.3, -0.25) is 0 Å². The Morgan fingerprint density at radius 2 is 2.05 bits per heavy atom. The molecule has 2 unspecified atom stereocenters. The third-order valence-corrected chi connectivity index (χ3v) is 3.08. The fraction of sp³-hybridized carbons (Fsp3) is 0.923. The second-order valence-corrected chi connectivity index (χ2v) is 5.98. The standard InChI is InChI=1S/C13H27N5O/c1-7-8-14-10(12(19-6)13(2,3)4)9-11-15-17-18(5)16-11/h10,12,14H,7-9H2,1-6H3. The van der Waals surface area contributed by atoms with E-state index < -0.39 is 0 Å². The fourth-order valence-corrected chi connectivity index (χ4v) is 2.34. The molecular weight excluding hydrogens is 242 g/mol. The number of nitrogens with zero attached hydrogens (tertiary/aromatic N) is 4. The van der Waals surface area contributed by atoms with Crippen LogP contribution in [0.25, 0.3) is 0 Å². The van der Waals surface area contributed by atoms with Crippen LogP contribution in [0.2, 0.25) is 0 Å². The predicted molar refractivity (Wildman–Crippen MR) is 74.8 cm³/mol. The van der Waals surface area contributed by atoms with Crippen molar-refractivity contribution in [3.63, 3.8) is 0 Å². The Morgan fingerprint density at radius 1 is 1.37 bits per heavy atom. The number of nitrogens with one attached hydrogen (secondary N) is 1. The maximum atomic E-state index is 5.71. The number of hydrogen-bond donors (Lipinski definition) is 1. The minimum absolute atomic E-state index is 0.0579. The lowest BCUT2D eigenvalue weighted by Crippen LogP contribution is -2.49. The molecule has 0 saturated carbocycles. The molecule has 0 radical (unpaired) electrons. The molecule has 0 aliphatic carbocycles. The number of methoxy groups -OCH3 is 1. The smallest absolute Gasteiger partial charge is 0.176 e. The molecule has 0 bridgehead atoms. The van der Waals surface area contributed by atoms with Gasteiger partial charge in [0.25, 0.3) is 0 Å². The number of aromatic nitrogens is 4. The molecule has 0 saturated heterocycles. The first-order chi connectivity index (χ1) is 8.88. The van der Waals surface area contributed by atoms with Crippen molar-refractivity contribution in [2.45, 2.75) is 52.7 Å². The highest BCUT2D eigenvalue weighted by atomic mass is 16.5. The summed E-state index contributed by atoms with van der Waals surface area (Å²) < 4.78 is 5.71. The average molecular weight is 269 g/mol. The Balaban J connectivity index is 2.80. The van der Waals surface area contributed by atoms with Gasteiger partial charge in [0.05, 0.1) is 13.2 Å². The van der Waals surface area contributed by atoms with Gasteiger partial charge in [-0.25, -0.2) is 0 Å². The molecule has 110 valence electrons. The molecule has 0 fully saturated rings. The average Bonchev–Trinajstić information content (AvgIpc) is 2.70. The van der Waals surface area contributed by atoms with Crippen molar-refractivity contribution >= 4 is 0 Å². The highest BCUT2D eigenvalue weighted by Gasteiger charge is 2.32. The van der Waals surface area contributed by atoms with Gasteiger partial charge in [-0.05, 0) is 23.6 Å². The zero-order valence-corrected chi connectivity index (χ0v) is 13.0. The Bertz CT molecular complexity index is 371. The van der Waals surface area contributed by atoms with Crippen LogP contribution >= 0.6 is 0 Å². The Hall–Kier alpha value is -1.01. The molecule has 0 amide bonds. The van der Waals surface area contributed by atoms with E-state index >= 15 is 0 Å². The monoisotopic (exact) mass is 269 g/mol. The van der Waals surface area contributed by atoms with Crippen molar-refractivity contribution < 1.29 is 4.74 Å². The molecule has 1 heterocycles. The summed E-state index contributed by atoms with van der Waals surface area (Å²) in [6.07, 6.45) is 1.91. The summed E-state index contributed by atoms with van der Waals surface area (Å²) in [5.41, 5.74) is 0.0579. The van der Waals surface area contributed by atoms with Crippen LogP contribution in [-0.2, 0) is 18.2 Å². The summed E-state index contributed by atoms with van der Waals surface area (Å²) in [6.45, 7) is 9.67. The van der Waals surface area contributed by atoms with Gasteiger partial charge in [0.1, 0.15) is 0 Å². The molecule has 6 nitrogen and oxygen atoms in total. The zero-order chi connectivity index (χ0) is 14.5. The second-order valence-electron chi connectivity index (χ2n) is 5.98. The Labute approximate surface area is 115 Å². The van der Waals surface area contributed by atoms with Crippen molar-refractivity contribution in [2.75, 3.05) is 13.7 Å². The van der Waals surface area contributed by atoms with Crippen LogP contribution in [0.4, 0.5) is 0 Å². The van der Waals surface area contributed by atoms with Gasteiger partial charge < -0.3 is 10.1 Å². The van der Waals surface area contributed by atoms with Crippen molar-refractivity contribution in [3.05, 3.63) is 5.82 Å². The maximum Gasteiger partial charge on any atom is 0.176 e. The van der Waals surface area contributed by atoms with Gasteiger partial charge in [-0.1, -0.05) is 27.7 Å². The molecule has 1 aromatic heterocycles. The van der Waals surface area contributed by atoms with Gasteiger partial charge in [0.2, 0.25) is 0 Å². The first kappa shape index (κ1) is 16.0. The van der Waals surface area contributed by atoms with Gasteiger partial charge in [-0.15, -0.1) is 10.2 Å². The van der Waals surface area contributed by atoms with Crippen LogP contribution in [0.5, 0.6) is 0 Å². The summed E-state index contributed by atoms with van der Waals surface area (Å²) in [5, 5.41) is 15.8. The van der Waals surface area contributed by atoms with Crippen LogP contribution in [0.15, 0.2) is 0 Å². The SMILES string of the molecule is CCCNC(Cc1nnn(C)n1)C(OC)C(C)(C)C. The zero-order valence-electron chi connectivity index (χ0n) is 13.0. The third kappa shape index (κ3) is 4.87. The van der Waals surface area contributed by atoms with E-state index in [0.29, 0.717) is 0 Å². The van der Waals surface area contributed by atoms with E-state index in [-0.39, 0.29) is 17.6 Å². The van der Waals surface area contributed by atoms with E-state index in [9.17, 15) is 0 Å². The van der Waals surface area contributed by atoms with Crippen molar-refractivity contribution in [1.82, 2.24) is 25.5 Å². The molecule has 1 rings (SSSR count). The molecule has 19 heavy (non-hydrogen) atoms. The molecule has 6 heteroatoms. The van der Waals surface area contributed by atoms with Crippen LogP contribution in [0.3, 0.4) is 0 Å². The topological polar surface area (TPSA) is 64.9 Å². The van der Waals surface area contributed by atoms with E-state index in [1.807, 2.05) is 0 Å². The number of tetrazole rings is 1. The molecule has 1 aromatic rings. The third-order valence-electron chi connectivity index (χ3n) is 3.08. The Morgan fingerprint density at radius 3 is 2.47 bits per heavy atom. The van der Waals surface area contributed by atoms with Gasteiger partial charge >= 0.3 is 0 Å². The lowest BCUT2D eigenvalue weighted by atomic mass is 9.83. The van der Waals surface area contributed by atoms with E-state index in [1.165, 1.54) is 4.80 Å². The summed E-state index contributed by atoms with van der Waals surface area (Å²) in [6, 6.07) is 0.189. The summed E-state index contributed by atoms with van der Waals surface area (Å²) in [4.78, 5) is 1.49. The fourth-order valence-electron chi connectivity index (χ4n) is 2.34. The highest BCUT2D eigenvalue weighted by Crippen LogP contribution is 2.25. The highest BCUT2D eigenvalue weighted by molar-refractivity contribution is 4.93. The summed E-state index contributed by atoms with van der Waals surface area (Å²) in [7, 11) is 3.54. The van der Waals surface area contributed by atoms with Gasteiger partial charge in [0, 0.05) is 19.6 Å². The van der Waals surface area contributed by atoms with E-state index in [0.717, 1.165) is 25.2 Å². The first-order valence-corrected chi connectivity index (χ1v) is 6.87. The molecule has 0 aliphatic heterocycles. The number of ether oxygens (including phenoxy) is 1. The van der Waals surface area contributed by atoms with Gasteiger partial charge in [-0.2, -0.15) is 4.80 Å². The normalized spacial score (nSPS) is 15.5. The molecule has 2 atom stereocenters. The molecule has 1 N–H and O–H groups in total. The van der Waals surface area contributed by atoms with E-state index in [1.54, 1.807) is 14.2 Å². The van der Waals surface area contributed by atoms with Crippen molar-refractivity contribution in [3.8, 4) is 0 Å². The van der Waals surface area contributed by atoms with Crippen LogP contribution in [0, 0.1) is 5.41 Å². The van der Waals surface area contributed by atoms with Crippen LogP contribution in [0.1, 0.15) is 39.9 Å². The molecule has 0 aromatic carbocycles.